The van der Waals surface area contributed by atoms with E-state index in [1.54, 1.807) is 28.7 Å². The van der Waals surface area contributed by atoms with Crippen molar-refractivity contribution in [2.75, 3.05) is 6.54 Å². The van der Waals surface area contributed by atoms with Crippen molar-refractivity contribution in [3.63, 3.8) is 0 Å². The Morgan fingerprint density at radius 1 is 1.19 bits per heavy atom. The summed E-state index contributed by atoms with van der Waals surface area (Å²) in [4.78, 5) is 0.183. The first-order valence-electron chi connectivity index (χ1n) is 10.6. The lowest BCUT2D eigenvalue weighted by atomic mass is 10.1. The van der Waals surface area contributed by atoms with E-state index in [-0.39, 0.29) is 16.9 Å². The van der Waals surface area contributed by atoms with Crippen LogP contribution in [0.25, 0.3) is 22.0 Å². The molecule has 162 valence electrons. The van der Waals surface area contributed by atoms with Gasteiger partial charge in [-0.25, -0.2) is 8.42 Å². The van der Waals surface area contributed by atoms with Gasteiger partial charge in [0.1, 0.15) is 0 Å². The number of hydrogen-bond acceptors (Lipinski definition) is 4. The van der Waals surface area contributed by atoms with Gasteiger partial charge in [-0.2, -0.15) is 14.7 Å². The van der Waals surface area contributed by atoms with E-state index in [0.717, 1.165) is 35.0 Å². The molecule has 0 spiro atoms. The van der Waals surface area contributed by atoms with Crippen LogP contribution in [0.1, 0.15) is 18.9 Å². The third-order valence-electron chi connectivity index (χ3n) is 6.23. The minimum absolute atomic E-state index is 0.0924. The average Bonchev–Trinajstić information content (AvgIpc) is 3.54. The van der Waals surface area contributed by atoms with Gasteiger partial charge in [0.25, 0.3) is 0 Å². The first-order chi connectivity index (χ1) is 15.5. The van der Waals surface area contributed by atoms with Crippen molar-refractivity contribution in [1.29, 1.82) is 5.26 Å². The summed E-state index contributed by atoms with van der Waals surface area (Å²) in [5.41, 5.74) is 3.64. The highest BCUT2D eigenvalue weighted by Crippen LogP contribution is 2.32. The zero-order valence-electron chi connectivity index (χ0n) is 17.6. The molecule has 0 bridgehead atoms. The standard InChI is InChI=1S/C24H23N5O2S/c1-17-9-19(16-29(17)32(30,31)23-4-2-3-18(10-23)12-25)15-28-8-7-21-11-20(5-6-24(21)28)22-13-26-27-14-22/h2-8,10-11,13-14,17,19H,9,15-16H2,1H3,(H,26,27). The lowest BCUT2D eigenvalue weighted by Gasteiger charge is -2.21. The molecule has 0 radical (unpaired) electrons. The van der Waals surface area contributed by atoms with Crippen molar-refractivity contribution in [3.8, 4) is 17.2 Å². The molecule has 0 saturated carbocycles. The van der Waals surface area contributed by atoms with E-state index >= 15 is 0 Å². The minimum Gasteiger partial charge on any atom is -0.347 e. The monoisotopic (exact) mass is 445 g/mol. The van der Waals surface area contributed by atoms with Gasteiger partial charge in [-0.3, -0.25) is 5.10 Å². The van der Waals surface area contributed by atoms with E-state index in [4.69, 9.17) is 5.26 Å². The summed E-state index contributed by atoms with van der Waals surface area (Å²) in [7, 11) is -3.64. The molecule has 2 aromatic carbocycles. The quantitative estimate of drug-likeness (QED) is 0.502. The van der Waals surface area contributed by atoms with Gasteiger partial charge in [-0.05, 0) is 61.2 Å². The number of H-pyrrole nitrogens is 1. The second kappa shape index (κ2) is 7.93. The molecule has 0 aliphatic carbocycles. The summed E-state index contributed by atoms with van der Waals surface area (Å²) in [6, 6.07) is 16.6. The molecular formula is C24H23N5O2S. The predicted octanol–water partition coefficient (Wildman–Crippen LogP) is 4.00. The minimum atomic E-state index is -3.64. The average molecular weight is 446 g/mol. The Morgan fingerprint density at radius 3 is 2.84 bits per heavy atom. The van der Waals surface area contributed by atoms with Crippen molar-refractivity contribution < 1.29 is 8.42 Å². The molecule has 1 fully saturated rings. The Balaban J connectivity index is 1.36. The molecule has 5 rings (SSSR count). The molecule has 1 saturated heterocycles. The molecule has 2 unspecified atom stereocenters. The molecular weight excluding hydrogens is 422 g/mol. The number of nitriles is 1. The number of hydrogen-bond donors (Lipinski definition) is 1. The fourth-order valence-corrected chi connectivity index (χ4v) is 6.43. The van der Waals surface area contributed by atoms with E-state index in [1.165, 1.54) is 6.07 Å². The third kappa shape index (κ3) is 3.60. The number of benzene rings is 2. The molecule has 4 aromatic rings. The Labute approximate surface area is 187 Å². The van der Waals surface area contributed by atoms with Crippen LogP contribution >= 0.6 is 0 Å². The number of nitrogens with one attached hydrogen (secondary N) is 1. The maximum Gasteiger partial charge on any atom is 0.243 e. The van der Waals surface area contributed by atoms with Crippen LogP contribution < -0.4 is 0 Å². The Morgan fingerprint density at radius 2 is 2.06 bits per heavy atom. The topological polar surface area (TPSA) is 94.8 Å². The molecule has 0 amide bonds. The van der Waals surface area contributed by atoms with Crippen LogP contribution in [0.15, 0.2) is 72.0 Å². The van der Waals surface area contributed by atoms with Crippen LogP contribution in [0.4, 0.5) is 0 Å². The Kier molecular flexibility index (Phi) is 5.08. The normalized spacial score (nSPS) is 19.4. The maximum absolute atomic E-state index is 13.2. The van der Waals surface area contributed by atoms with E-state index in [2.05, 4.69) is 45.2 Å². The smallest absolute Gasteiger partial charge is 0.243 e. The third-order valence-corrected chi connectivity index (χ3v) is 8.21. The molecule has 1 N–H and O–H groups in total. The summed E-state index contributed by atoms with van der Waals surface area (Å²) in [5.74, 6) is 0.211. The van der Waals surface area contributed by atoms with Gasteiger partial charge in [0.05, 0.1) is 22.7 Å². The lowest BCUT2D eigenvalue weighted by Crippen LogP contribution is -2.34. The van der Waals surface area contributed by atoms with E-state index in [0.29, 0.717) is 12.1 Å². The first-order valence-corrected chi connectivity index (χ1v) is 12.0. The second-order valence-corrected chi connectivity index (χ2v) is 10.3. The maximum atomic E-state index is 13.2. The fraction of sp³-hybridized carbons (Fsp3) is 0.250. The molecule has 3 heterocycles. The van der Waals surface area contributed by atoms with Crippen molar-refractivity contribution in [2.24, 2.45) is 5.92 Å². The molecule has 2 atom stereocenters. The van der Waals surface area contributed by atoms with Gasteiger partial charge in [0.15, 0.2) is 0 Å². The van der Waals surface area contributed by atoms with Gasteiger partial charge in [0.2, 0.25) is 10.0 Å². The highest BCUT2D eigenvalue weighted by Gasteiger charge is 2.38. The van der Waals surface area contributed by atoms with E-state index in [1.807, 2.05) is 19.2 Å². The second-order valence-electron chi connectivity index (χ2n) is 8.39. The molecule has 32 heavy (non-hydrogen) atoms. The summed E-state index contributed by atoms with van der Waals surface area (Å²) >= 11 is 0. The van der Waals surface area contributed by atoms with Crippen molar-refractivity contribution in [2.45, 2.75) is 30.8 Å². The summed E-state index contributed by atoms with van der Waals surface area (Å²) in [6.07, 6.45) is 6.55. The SMILES string of the molecule is CC1CC(Cn2ccc3cc(-c4cn[nH]c4)ccc32)CN1S(=O)(=O)c1cccc(C#N)c1. The van der Waals surface area contributed by atoms with Crippen LogP contribution in [0.5, 0.6) is 0 Å². The predicted molar refractivity (Wildman–Crippen MR) is 122 cm³/mol. The number of sulfonamides is 1. The van der Waals surface area contributed by atoms with Gasteiger partial charge in [-0.15, -0.1) is 0 Å². The van der Waals surface area contributed by atoms with Crippen LogP contribution in [0.3, 0.4) is 0 Å². The molecule has 8 heteroatoms. The Hall–Kier alpha value is -3.41. The van der Waals surface area contributed by atoms with Gasteiger partial charge >= 0.3 is 0 Å². The zero-order valence-corrected chi connectivity index (χ0v) is 18.5. The summed E-state index contributed by atoms with van der Waals surface area (Å²) < 4.78 is 30.2. The van der Waals surface area contributed by atoms with Crippen LogP contribution in [0, 0.1) is 17.2 Å². The highest BCUT2D eigenvalue weighted by atomic mass is 32.2. The van der Waals surface area contributed by atoms with E-state index < -0.39 is 10.0 Å². The first kappa shape index (κ1) is 20.5. The zero-order chi connectivity index (χ0) is 22.3. The molecule has 7 nitrogen and oxygen atoms in total. The summed E-state index contributed by atoms with van der Waals surface area (Å²) in [5, 5.41) is 17.1. The number of rotatable bonds is 5. The van der Waals surface area contributed by atoms with Crippen LogP contribution in [0.2, 0.25) is 0 Å². The molecule has 1 aliphatic rings. The van der Waals surface area contributed by atoms with Gasteiger partial charge in [-0.1, -0.05) is 12.1 Å². The number of nitrogens with zero attached hydrogens (tertiary/aromatic N) is 4. The number of aromatic amines is 1. The molecule has 1 aliphatic heterocycles. The van der Waals surface area contributed by atoms with Crippen molar-refractivity contribution in [1.82, 2.24) is 19.1 Å². The Bertz CT molecular complexity index is 1420. The van der Waals surface area contributed by atoms with Crippen molar-refractivity contribution >= 4 is 20.9 Å². The number of aromatic nitrogens is 3. The van der Waals surface area contributed by atoms with Crippen LogP contribution in [-0.4, -0.2) is 40.1 Å². The van der Waals surface area contributed by atoms with Crippen LogP contribution in [-0.2, 0) is 16.6 Å². The highest BCUT2D eigenvalue weighted by molar-refractivity contribution is 7.89. The fourth-order valence-electron chi connectivity index (χ4n) is 4.66. The summed E-state index contributed by atoms with van der Waals surface area (Å²) in [6.45, 7) is 3.17. The molecule has 2 aromatic heterocycles. The van der Waals surface area contributed by atoms with Gasteiger partial charge < -0.3 is 4.57 Å². The largest absolute Gasteiger partial charge is 0.347 e. The number of fused-ring (bicyclic) bond motifs is 1. The lowest BCUT2D eigenvalue weighted by molar-refractivity contribution is 0.399. The van der Waals surface area contributed by atoms with Crippen molar-refractivity contribution in [3.05, 3.63) is 72.7 Å². The van der Waals surface area contributed by atoms with Gasteiger partial charge in [0, 0.05) is 48.0 Å². The van der Waals surface area contributed by atoms with E-state index in [9.17, 15) is 8.42 Å².